The summed E-state index contributed by atoms with van der Waals surface area (Å²) in [5.74, 6) is -0.0128. The highest BCUT2D eigenvalue weighted by Crippen LogP contribution is 2.16. The van der Waals surface area contributed by atoms with Crippen LogP contribution in [0.2, 0.25) is 0 Å². The Kier molecular flexibility index (Phi) is 6.74. The van der Waals surface area contributed by atoms with Gasteiger partial charge >= 0.3 is 5.97 Å². The minimum Gasteiger partial charge on any atom is -0.460 e. The van der Waals surface area contributed by atoms with E-state index >= 15 is 0 Å². The summed E-state index contributed by atoms with van der Waals surface area (Å²) in [5.41, 5.74) is 0.945. The van der Waals surface area contributed by atoms with Gasteiger partial charge in [0.2, 0.25) is 5.91 Å². The first-order valence-electron chi connectivity index (χ1n) is 7.51. The van der Waals surface area contributed by atoms with Gasteiger partial charge in [-0.2, -0.15) is 0 Å². The van der Waals surface area contributed by atoms with E-state index < -0.39 is 0 Å². The third-order valence-electron chi connectivity index (χ3n) is 3.00. The molecule has 0 radical (unpaired) electrons. The number of carbonyl (C=O) groups excluding carboxylic acids is 2. The van der Waals surface area contributed by atoms with Crippen LogP contribution in [0, 0.1) is 5.92 Å². The quantitative estimate of drug-likeness (QED) is 0.614. The molecule has 0 aliphatic heterocycles. The molecule has 0 unspecified atom stereocenters. The Hall–Kier alpha value is -2.41. The van der Waals surface area contributed by atoms with Crippen LogP contribution in [0.25, 0.3) is 0 Å². The van der Waals surface area contributed by atoms with E-state index in [2.05, 4.69) is 15.5 Å². The Morgan fingerprint density at radius 2 is 1.88 bits per heavy atom. The Balaban J connectivity index is 1.75. The van der Waals surface area contributed by atoms with Gasteiger partial charge in [0.1, 0.15) is 11.6 Å². The summed E-state index contributed by atoms with van der Waals surface area (Å²) >= 11 is 1.24. The summed E-state index contributed by atoms with van der Waals surface area (Å²) in [5, 5.41) is 11.1. The SMILES string of the molecule is CC(C)C(=O)Nc1ccc(SCC(=O)OCc2ccccc2)nn1. The van der Waals surface area contributed by atoms with Crippen LogP contribution in [0.4, 0.5) is 5.82 Å². The molecule has 7 heteroatoms. The third-order valence-corrected chi connectivity index (χ3v) is 3.89. The van der Waals surface area contributed by atoms with Gasteiger partial charge in [-0.3, -0.25) is 9.59 Å². The zero-order valence-corrected chi connectivity index (χ0v) is 14.4. The number of thioether (sulfide) groups is 1. The molecule has 1 aromatic heterocycles. The largest absolute Gasteiger partial charge is 0.460 e. The van der Waals surface area contributed by atoms with Gasteiger partial charge in [-0.15, -0.1) is 10.2 Å². The first-order chi connectivity index (χ1) is 11.5. The number of hydrogen-bond donors (Lipinski definition) is 1. The van der Waals surface area contributed by atoms with Gasteiger partial charge < -0.3 is 10.1 Å². The van der Waals surface area contributed by atoms with Crippen molar-refractivity contribution in [2.75, 3.05) is 11.1 Å². The van der Waals surface area contributed by atoms with Gasteiger partial charge in [0.15, 0.2) is 5.82 Å². The van der Waals surface area contributed by atoms with Crippen molar-refractivity contribution in [3.05, 3.63) is 48.0 Å². The van der Waals surface area contributed by atoms with Gasteiger partial charge in [0.05, 0.1) is 5.75 Å². The van der Waals surface area contributed by atoms with Crippen molar-refractivity contribution in [1.29, 1.82) is 0 Å². The number of benzene rings is 1. The molecule has 0 fully saturated rings. The van der Waals surface area contributed by atoms with E-state index in [4.69, 9.17) is 4.74 Å². The molecule has 1 aromatic carbocycles. The number of ether oxygens (including phenoxy) is 1. The molecule has 6 nitrogen and oxygen atoms in total. The Morgan fingerprint density at radius 1 is 1.12 bits per heavy atom. The molecular formula is C17H19N3O3S. The van der Waals surface area contributed by atoms with E-state index in [9.17, 15) is 9.59 Å². The van der Waals surface area contributed by atoms with Gasteiger partial charge in [-0.05, 0) is 17.7 Å². The van der Waals surface area contributed by atoms with Gasteiger partial charge in [0.25, 0.3) is 0 Å². The number of esters is 1. The Bertz CT molecular complexity index is 675. The number of nitrogens with zero attached hydrogens (tertiary/aromatic N) is 2. The van der Waals surface area contributed by atoms with E-state index in [1.165, 1.54) is 11.8 Å². The Labute approximate surface area is 145 Å². The van der Waals surface area contributed by atoms with Crippen molar-refractivity contribution in [2.24, 2.45) is 5.92 Å². The average molecular weight is 345 g/mol. The molecule has 126 valence electrons. The first-order valence-corrected chi connectivity index (χ1v) is 8.50. The second kappa shape index (κ2) is 9.02. The lowest BCUT2D eigenvalue weighted by atomic mass is 10.2. The van der Waals surface area contributed by atoms with E-state index in [-0.39, 0.29) is 30.2 Å². The van der Waals surface area contributed by atoms with Crippen molar-refractivity contribution in [1.82, 2.24) is 10.2 Å². The number of aromatic nitrogens is 2. The van der Waals surface area contributed by atoms with Crippen LogP contribution in [0.5, 0.6) is 0 Å². The molecule has 0 spiro atoms. The van der Waals surface area contributed by atoms with Crippen molar-refractivity contribution in [2.45, 2.75) is 25.5 Å². The van der Waals surface area contributed by atoms with E-state index in [0.29, 0.717) is 10.8 Å². The van der Waals surface area contributed by atoms with Gasteiger partial charge in [0, 0.05) is 5.92 Å². The minimum absolute atomic E-state index is 0.116. The molecule has 1 amide bonds. The molecular weight excluding hydrogens is 326 g/mol. The minimum atomic E-state index is -0.317. The van der Waals surface area contributed by atoms with Crippen molar-refractivity contribution in [3.8, 4) is 0 Å². The fourth-order valence-electron chi connectivity index (χ4n) is 1.65. The third kappa shape index (κ3) is 6.00. The number of amides is 1. The van der Waals surface area contributed by atoms with Crippen molar-refractivity contribution >= 4 is 29.5 Å². The number of anilines is 1. The smallest absolute Gasteiger partial charge is 0.316 e. The highest BCUT2D eigenvalue weighted by atomic mass is 32.2. The topological polar surface area (TPSA) is 81.2 Å². The summed E-state index contributed by atoms with van der Waals surface area (Å²) in [6, 6.07) is 12.9. The molecule has 0 aliphatic rings. The molecule has 24 heavy (non-hydrogen) atoms. The summed E-state index contributed by atoms with van der Waals surface area (Å²) in [6.07, 6.45) is 0. The highest BCUT2D eigenvalue weighted by Gasteiger charge is 2.09. The molecule has 2 rings (SSSR count). The zero-order chi connectivity index (χ0) is 17.4. The molecule has 0 saturated heterocycles. The highest BCUT2D eigenvalue weighted by molar-refractivity contribution is 7.99. The maximum atomic E-state index is 11.7. The summed E-state index contributed by atoms with van der Waals surface area (Å²) in [6.45, 7) is 3.86. The molecule has 0 saturated carbocycles. The van der Waals surface area contributed by atoms with Crippen LogP contribution in [0.1, 0.15) is 19.4 Å². The van der Waals surface area contributed by atoms with Gasteiger partial charge in [-0.25, -0.2) is 0 Å². The van der Waals surface area contributed by atoms with Crippen LogP contribution in [-0.4, -0.2) is 27.8 Å². The lowest BCUT2D eigenvalue weighted by Gasteiger charge is -2.07. The van der Waals surface area contributed by atoms with Crippen molar-refractivity contribution < 1.29 is 14.3 Å². The number of hydrogen-bond acceptors (Lipinski definition) is 6. The first kappa shape index (κ1) is 17.9. The molecule has 2 aromatic rings. The molecule has 1 heterocycles. The summed E-state index contributed by atoms with van der Waals surface area (Å²) in [7, 11) is 0. The predicted molar refractivity (Wildman–Crippen MR) is 92.5 cm³/mol. The normalized spacial score (nSPS) is 10.5. The predicted octanol–water partition coefficient (Wildman–Crippen LogP) is 2.91. The lowest BCUT2D eigenvalue weighted by Crippen LogP contribution is -2.18. The van der Waals surface area contributed by atoms with Crippen LogP contribution in [0.15, 0.2) is 47.5 Å². The molecule has 1 N–H and O–H groups in total. The van der Waals surface area contributed by atoms with E-state index in [1.54, 1.807) is 26.0 Å². The van der Waals surface area contributed by atoms with Crippen LogP contribution in [-0.2, 0) is 20.9 Å². The monoisotopic (exact) mass is 345 g/mol. The lowest BCUT2D eigenvalue weighted by molar-refractivity contribution is -0.141. The number of rotatable bonds is 7. The summed E-state index contributed by atoms with van der Waals surface area (Å²) < 4.78 is 5.19. The Morgan fingerprint density at radius 3 is 2.50 bits per heavy atom. The van der Waals surface area contributed by atoms with E-state index in [0.717, 1.165) is 5.56 Å². The van der Waals surface area contributed by atoms with Crippen molar-refractivity contribution in [3.63, 3.8) is 0 Å². The molecule has 0 bridgehead atoms. The molecule has 0 atom stereocenters. The summed E-state index contributed by atoms with van der Waals surface area (Å²) in [4.78, 5) is 23.3. The molecule has 0 aliphatic carbocycles. The second-order valence-corrected chi connectivity index (χ2v) is 6.33. The van der Waals surface area contributed by atoms with Crippen LogP contribution >= 0.6 is 11.8 Å². The van der Waals surface area contributed by atoms with E-state index in [1.807, 2.05) is 30.3 Å². The number of nitrogens with one attached hydrogen (secondary N) is 1. The average Bonchev–Trinajstić information content (AvgIpc) is 2.60. The fourth-order valence-corrected chi connectivity index (χ4v) is 2.26. The zero-order valence-electron chi connectivity index (χ0n) is 13.6. The maximum Gasteiger partial charge on any atom is 0.316 e. The van der Waals surface area contributed by atoms with Gasteiger partial charge in [-0.1, -0.05) is 55.9 Å². The second-order valence-electron chi connectivity index (χ2n) is 5.34. The fraction of sp³-hybridized carbons (Fsp3) is 0.294. The van der Waals surface area contributed by atoms with Crippen LogP contribution in [0.3, 0.4) is 0 Å². The standard InChI is InChI=1S/C17H19N3O3S/c1-12(2)17(22)18-14-8-9-15(20-19-14)24-11-16(21)23-10-13-6-4-3-5-7-13/h3-9,12H,10-11H2,1-2H3,(H,18,19,22). The van der Waals surface area contributed by atoms with Crippen LogP contribution < -0.4 is 5.32 Å². The number of carbonyl (C=O) groups is 2. The maximum absolute atomic E-state index is 11.7.